The van der Waals surface area contributed by atoms with Gasteiger partial charge in [-0.2, -0.15) is 9.57 Å². The summed E-state index contributed by atoms with van der Waals surface area (Å²) in [4.78, 5) is 43.4. The summed E-state index contributed by atoms with van der Waals surface area (Å²) in [5.74, 6) is -0.715. The summed E-state index contributed by atoms with van der Waals surface area (Å²) >= 11 is 0. The van der Waals surface area contributed by atoms with Crippen molar-refractivity contribution in [1.82, 2.24) is 24.6 Å². The highest BCUT2D eigenvalue weighted by atomic mass is 32.2. The fourth-order valence-corrected chi connectivity index (χ4v) is 9.79. The van der Waals surface area contributed by atoms with Crippen molar-refractivity contribution in [3.8, 4) is 17.7 Å². The minimum atomic E-state index is -4.65. The molecule has 2 fully saturated rings. The number of piperazine rings is 1. The molecule has 13 nitrogen and oxygen atoms in total. The van der Waals surface area contributed by atoms with E-state index in [1.54, 1.807) is 49.1 Å². The van der Waals surface area contributed by atoms with Crippen LogP contribution in [0.2, 0.25) is 0 Å². The Morgan fingerprint density at radius 3 is 2.31 bits per heavy atom. The minimum absolute atomic E-state index is 0.0337. The number of nitrogens with zero attached hydrogens (tertiary/aromatic N) is 7. The summed E-state index contributed by atoms with van der Waals surface area (Å²) in [5.41, 5.74) is -1.43. The third-order valence-corrected chi connectivity index (χ3v) is 12.4. The number of ether oxygens (including phenoxy) is 2. The van der Waals surface area contributed by atoms with Gasteiger partial charge in [0.05, 0.1) is 36.1 Å². The van der Waals surface area contributed by atoms with Gasteiger partial charge in [0, 0.05) is 63.6 Å². The quantitative estimate of drug-likeness (QED) is 0.233. The molecule has 6 rings (SSSR count). The average molecular weight is 758 g/mol. The number of anilines is 1. The second kappa shape index (κ2) is 16.8. The fourth-order valence-electron chi connectivity index (χ4n) is 8.20. The van der Waals surface area contributed by atoms with Gasteiger partial charge < -0.3 is 24.2 Å². The van der Waals surface area contributed by atoms with Gasteiger partial charge in [-0.25, -0.2) is 18.2 Å². The fraction of sp³-hybridized carbons (Fsp3) is 0.500. The summed E-state index contributed by atoms with van der Waals surface area (Å²) in [5, 5.41) is 10.1. The summed E-state index contributed by atoms with van der Waals surface area (Å²) < 4.78 is 42.3. The van der Waals surface area contributed by atoms with Crippen molar-refractivity contribution in [2.24, 2.45) is 0 Å². The van der Waals surface area contributed by atoms with Crippen LogP contribution >= 0.6 is 0 Å². The van der Waals surface area contributed by atoms with Crippen molar-refractivity contribution in [3.63, 3.8) is 0 Å². The zero-order valence-electron chi connectivity index (χ0n) is 31.7. The average Bonchev–Trinajstić information content (AvgIpc) is 3.45. The maximum Gasteiger partial charge on any atom is 0.321 e. The molecule has 0 N–H and O–H groups in total. The van der Waals surface area contributed by atoms with Crippen molar-refractivity contribution >= 4 is 27.6 Å². The number of benzene rings is 2. The van der Waals surface area contributed by atoms with Gasteiger partial charge in [-0.05, 0) is 88.5 Å². The van der Waals surface area contributed by atoms with E-state index in [4.69, 9.17) is 9.47 Å². The molecule has 4 heterocycles. The van der Waals surface area contributed by atoms with Crippen molar-refractivity contribution in [1.29, 1.82) is 5.26 Å². The van der Waals surface area contributed by atoms with Gasteiger partial charge in [-0.15, -0.1) is 0 Å². The normalized spacial score (nSPS) is 19.7. The summed E-state index contributed by atoms with van der Waals surface area (Å²) in [6, 6.07) is 16.0. The molecule has 3 aliphatic heterocycles. The summed E-state index contributed by atoms with van der Waals surface area (Å²) in [7, 11) is -4.65. The number of urea groups is 1. The van der Waals surface area contributed by atoms with Crippen LogP contribution in [-0.4, -0.2) is 117 Å². The number of carbonyl (C=O) groups excluding carboxylic acids is 2. The molecule has 2 aromatic carbocycles. The highest BCUT2D eigenvalue weighted by Crippen LogP contribution is 2.53. The van der Waals surface area contributed by atoms with E-state index in [2.05, 4.69) is 27.8 Å². The lowest BCUT2D eigenvalue weighted by atomic mass is 9.81. The van der Waals surface area contributed by atoms with Gasteiger partial charge in [-0.3, -0.25) is 9.69 Å². The number of rotatable bonds is 13. The van der Waals surface area contributed by atoms with Crippen LogP contribution in [-0.2, 0) is 20.4 Å². The molecule has 0 spiro atoms. The second-order valence-corrected chi connectivity index (χ2v) is 15.6. The van der Waals surface area contributed by atoms with Gasteiger partial charge in [0.15, 0.2) is 5.54 Å². The molecule has 2 saturated heterocycles. The third-order valence-electron chi connectivity index (χ3n) is 10.6. The molecule has 3 aliphatic rings. The zero-order chi connectivity index (χ0) is 38.5. The zero-order valence-corrected chi connectivity index (χ0v) is 32.6. The van der Waals surface area contributed by atoms with E-state index in [1.165, 1.54) is 35.4 Å². The van der Waals surface area contributed by atoms with Crippen LogP contribution in [0.15, 0.2) is 65.7 Å². The molecule has 3 amide bonds. The number of sulfonamides is 1. The lowest BCUT2D eigenvalue weighted by Gasteiger charge is -2.46. The van der Waals surface area contributed by atoms with Crippen LogP contribution in [0.5, 0.6) is 11.6 Å². The maximum atomic E-state index is 15.7. The molecule has 54 heavy (non-hydrogen) atoms. The standard InChI is InChI=1S/C40H51N7O6S/c1-5-20-43-24-26-44(27-25-43)31-17-22-45(23-18-31)39(49)46(21-6-2)40(32-12-11-19-42-37(32)53-8-4)33-28-30(29-41)15-16-34(33)47(38(40)48)54(50,51)36-14-10-9-13-35(36)52-7-3/h9-16,19,28,31H,5-8,17-18,20-27H2,1-4H3. The SMILES string of the molecule is CCCN1CCN(C2CCN(C(=O)N(CCC)C3(c4cccnc4OCC)C(=O)N(S(=O)(=O)c4ccccc4OCC)c4ccc(C#N)cc43)CC2)CC1. The number of aromatic nitrogens is 1. The molecule has 14 heteroatoms. The van der Waals surface area contributed by atoms with Crippen LogP contribution < -0.4 is 13.8 Å². The highest BCUT2D eigenvalue weighted by Gasteiger charge is 2.62. The Kier molecular flexibility index (Phi) is 12.1. The molecule has 0 aliphatic carbocycles. The van der Waals surface area contributed by atoms with Gasteiger partial charge in [0.2, 0.25) is 5.88 Å². The predicted molar refractivity (Wildman–Crippen MR) is 205 cm³/mol. The van der Waals surface area contributed by atoms with Crippen LogP contribution in [0, 0.1) is 11.3 Å². The van der Waals surface area contributed by atoms with Crippen LogP contribution in [0.25, 0.3) is 0 Å². The minimum Gasteiger partial charge on any atom is -0.492 e. The van der Waals surface area contributed by atoms with E-state index < -0.39 is 27.5 Å². The lowest BCUT2D eigenvalue weighted by Crippen LogP contribution is -2.61. The lowest BCUT2D eigenvalue weighted by molar-refractivity contribution is -0.125. The number of fused-ring (bicyclic) bond motifs is 1. The molecule has 1 unspecified atom stereocenters. The van der Waals surface area contributed by atoms with E-state index in [-0.39, 0.29) is 58.7 Å². The molecular formula is C40H51N7O6S. The van der Waals surface area contributed by atoms with E-state index in [1.807, 2.05) is 6.92 Å². The Morgan fingerprint density at radius 1 is 0.926 bits per heavy atom. The first-order chi connectivity index (χ1) is 26.2. The van der Waals surface area contributed by atoms with Crippen molar-refractivity contribution < 1.29 is 27.5 Å². The van der Waals surface area contributed by atoms with Crippen molar-refractivity contribution in [3.05, 3.63) is 77.5 Å². The number of carbonyl (C=O) groups is 2. The van der Waals surface area contributed by atoms with Gasteiger partial charge in [-0.1, -0.05) is 26.0 Å². The Hall–Kier alpha value is -4.71. The topological polar surface area (TPSA) is 140 Å². The molecule has 0 saturated carbocycles. The molecule has 0 bridgehead atoms. The van der Waals surface area contributed by atoms with E-state index >= 15 is 9.59 Å². The van der Waals surface area contributed by atoms with E-state index in [9.17, 15) is 13.7 Å². The number of para-hydroxylation sites is 1. The number of pyridine rings is 1. The summed E-state index contributed by atoms with van der Waals surface area (Å²) in [6.45, 7) is 14.3. The number of hydrogen-bond donors (Lipinski definition) is 0. The number of amides is 3. The van der Waals surface area contributed by atoms with Gasteiger partial charge in [0.25, 0.3) is 15.9 Å². The number of hydrogen-bond acceptors (Lipinski definition) is 10. The van der Waals surface area contributed by atoms with E-state index in [0.717, 1.165) is 56.3 Å². The first kappa shape index (κ1) is 39.0. The number of nitriles is 1. The van der Waals surface area contributed by atoms with Crippen LogP contribution in [0.1, 0.15) is 70.1 Å². The maximum absolute atomic E-state index is 15.7. The molecule has 288 valence electrons. The van der Waals surface area contributed by atoms with Crippen molar-refractivity contribution in [2.45, 2.75) is 69.9 Å². The number of piperidine rings is 1. The Bertz CT molecular complexity index is 1970. The third kappa shape index (κ3) is 7.00. The molecular weight excluding hydrogens is 707 g/mol. The number of likely N-dealkylation sites (tertiary alicyclic amines) is 1. The molecule has 3 aromatic rings. The van der Waals surface area contributed by atoms with Crippen LogP contribution in [0.3, 0.4) is 0 Å². The Morgan fingerprint density at radius 2 is 1.65 bits per heavy atom. The molecule has 0 radical (unpaired) electrons. The Balaban J connectivity index is 1.48. The molecule has 1 aromatic heterocycles. The van der Waals surface area contributed by atoms with Crippen LogP contribution in [0.4, 0.5) is 10.5 Å². The predicted octanol–water partition coefficient (Wildman–Crippen LogP) is 5.05. The molecule has 1 atom stereocenters. The van der Waals surface area contributed by atoms with Gasteiger partial charge in [0.1, 0.15) is 10.6 Å². The largest absolute Gasteiger partial charge is 0.492 e. The smallest absolute Gasteiger partial charge is 0.321 e. The van der Waals surface area contributed by atoms with Gasteiger partial charge >= 0.3 is 6.03 Å². The second-order valence-electron chi connectivity index (χ2n) is 13.8. The first-order valence-electron chi connectivity index (χ1n) is 19.1. The summed E-state index contributed by atoms with van der Waals surface area (Å²) in [6.07, 6.45) is 4.68. The highest BCUT2D eigenvalue weighted by molar-refractivity contribution is 7.93. The Labute approximate surface area is 319 Å². The van der Waals surface area contributed by atoms with Crippen molar-refractivity contribution in [2.75, 3.05) is 69.9 Å². The first-order valence-corrected chi connectivity index (χ1v) is 20.6. The van der Waals surface area contributed by atoms with E-state index in [0.29, 0.717) is 25.6 Å². The monoisotopic (exact) mass is 757 g/mol.